The van der Waals surface area contributed by atoms with Crippen molar-refractivity contribution in [2.45, 2.75) is 25.0 Å². The number of thioether (sulfide) groups is 1. The van der Waals surface area contributed by atoms with Gasteiger partial charge in [-0.25, -0.2) is 4.39 Å². The predicted molar refractivity (Wildman–Crippen MR) is 103 cm³/mol. The molecular weight excluding hydrogens is 381 g/mol. The minimum absolute atomic E-state index is 0.0856. The van der Waals surface area contributed by atoms with Crippen molar-refractivity contribution in [2.24, 2.45) is 0 Å². The fourth-order valence-electron chi connectivity index (χ4n) is 2.60. The number of tetrazole rings is 1. The Morgan fingerprint density at radius 2 is 1.96 bits per heavy atom. The van der Waals surface area contributed by atoms with E-state index in [0.717, 1.165) is 5.56 Å². The summed E-state index contributed by atoms with van der Waals surface area (Å²) in [4.78, 5) is 23.6. The molecular formula is C19H18FN5O2S. The Labute approximate surface area is 165 Å². The third-order valence-electron chi connectivity index (χ3n) is 3.98. The van der Waals surface area contributed by atoms with Gasteiger partial charge in [0.05, 0.1) is 17.5 Å². The van der Waals surface area contributed by atoms with Crippen LogP contribution in [0.15, 0.2) is 53.7 Å². The summed E-state index contributed by atoms with van der Waals surface area (Å²) in [6.45, 7) is 3.34. The lowest BCUT2D eigenvalue weighted by atomic mass is 10.0. The molecule has 1 amide bonds. The van der Waals surface area contributed by atoms with E-state index in [1.165, 1.54) is 35.5 Å². The van der Waals surface area contributed by atoms with Crippen molar-refractivity contribution in [3.05, 3.63) is 65.5 Å². The number of benzene rings is 2. The number of amides is 1. The third-order valence-corrected chi connectivity index (χ3v) is 4.90. The Morgan fingerprint density at radius 1 is 1.21 bits per heavy atom. The molecule has 0 aliphatic heterocycles. The van der Waals surface area contributed by atoms with E-state index in [2.05, 4.69) is 20.8 Å². The molecule has 0 saturated carbocycles. The number of hydrogen-bond donors (Lipinski definition) is 1. The zero-order valence-corrected chi connectivity index (χ0v) is 16.1. The van der Waals surface area contributed by atoms with Gasteiger partial charge in [-0.15, -0.1) is 5.10 Å². The lowest BCUT2D eigenvalue weighted by Gasteiger charge is -2.13. The minimum atomic E-state index is -0.395. The van der Waals surface area contributed by atoms with Gasteiger partial charge in [-0.1, -0.05) is 42.1 Å². The van der Waals surface area contributed by atoms with E-state index in [-0.39, 0.29) is 23.5 Å². The fraction of sp³-hybridized carbons (Fsp3) is 0.211. The second-order valence-electron chi connectivity index (χ2n) is 6.11. The highest BCUT2D eigenvalue weighted by atomic mass is 32.2. The highest BCUT2D eigenvalue weighted by molar-refractivity contribution is 7.99. The lowest BCUT2D eigenvalue weighted by Crippen LogP contribution is -2.23. The van der Waals surface area contributed by atoms with Crippen molar-refractivity contribution in [3.8, 4) is 5.69 Å². The highest BCUT2D eigenvalue weighted by Gasteiger charge is 2.14. The van der Waals surface area contributed by atoms with E-state index in [4.69, 9.17) is 0 Å². The standard InChI is InChI=1S/C19H18FN5O2S/c1-12(21-13(2)26)14-6-8-15(9-7-14)18(27)11-28-19-22-23-24-25(19)17-5-3-4-16(20)10-17/h3-10,12H,11H2,1-2H3,(H,21,26)/t12-/m1/s1. The van der Waals surface area contributed by atoms with Crippen LogP contribution in [-0.4, -0.2) is 37.7 Å². The van der Waals surface area contributed by atoms with Crippen LogP contribution in [0, 0.1) is 5.82 Å². The molecule has 2 aromatic carbocycles. The largest absolute Gasteiger partial charge is 0.350 e. The molecule has 3 aromatic rings. The van der Waals surface area contributed by atoms with Crippen molar-refractivity contribution >= 4 is 23.5 Å². The zero-order valence-electron chi connectivity index (χ0n) is 15.3. The third kappa shape index (κ3) is 4.80. The topological polar surface area (TPSA) is 89.8 Å². The highest BCUT2D eigenvalue weighted by Crippen LogP contribution is 2.21. The second kappa shape index (κ2) is 8.75. The number of hydrogen-bond acceptors (Lipinski definition) is 6. The summed E-state index contributed by atoms with van der Waals surface area (Å²) in [6, 6.07) is 12.9. The van der Waals surface area contributed by atoms with Crippen molar-refractivity contribution < 1.29 is 14.0 Å². The molecule has 0 bridgehead atoms. The van der Waals surface area contributed by atoms with Gasteiger partial charge in [0.2, 0.25) is 11.1 Å². The fourth-order valence-corrected chi connectivity index (χ4v) is 3.38. The molecule has 9 heteroatoms. The molecule has 0 aliphatic rings. The number of ketones is 1. The van der Waals surface area contributed by atoms with Crippen molar-refractivity contribution in [2.75, 3.05) is 5.75 Å². The van der Waals surface area contributed by atoms with Crippen LogP contribution in [0.3, 0.4) is 0 Å². The molecule has 3 rings (SSSR count). The molecule has 1 N–H and O–H groups in total. The van der Waals surface area contributed by atoms with Crippen LogP contribution in [0.25, 0.3) is 5.69 Å². The number of carbonyl (C=O) groups is 2. The smallest absolute Gasteiger partial charge is 0.217 e. The number of aromatic nitrogens is 4. The molecule has 1 atom stereocenters. The van der Waals surface area contributed by atoms with Crippen LogP contribution < -0.4 is 5.32 Å². The molecule has 7 nitrogen and oxygen atoms in total. The Balaban J connectivity index is 1.65. The summed E-state index contributed by atoms with van der Waals surface area (Å²) in [5.41, 5.74) is 1.95. The summed E-state index contributed by atoms with van der Waals surface area (Å²) >= 11 is 1.17. The van der Waals surface area contributed by atoms with Crippen molar-refractivity contribution in [1.29, 1.82) is 0 Å². The molecule has 0 spiro atoms. The van der Waals surface area contributed by atoms with Gasteiger partial charge in [0, 0.05) is 12.5 Å². The zero-order chi connectivity index (χ0) is 20.1. The maximum atomic E-state index is 13.4. The monoisotopic (exact) mass is 399 g/mol. The Hall–Kier alpha value is -3.07. The van der Waals surface area contributed by atoms with Crippen LogP contribution in [0.5, 0.6) is 0 Å². The van der Waals surface area contributed by atoms with E-state index in [9.17, 15) is 14.0 Å². The summed E-state index contributed by atoms with van der Waals surface area (Å²) < 4.78 is 14.8. The maximum absolute atomic E-state index is 13.4. The van der Waals surface area contributed by atoms with Crippen molar-refractivity contribution in [1.82, 2.24) is 25.5 Å². The number of halogens is 1. The Bertz CT molecular complexity index is 990. The molecule has 0 unspecified atom stereocenters. The first kappa shape index (κ1) is 19.7. The molecule has 0 saturated heterocycles. The van der Waals surface area contributed by atoms with Crippen molar-refractivity contribution in [3.63, 3.8) is 0 Å². The van der Waals surface area contributed by atoms with Crippen LogP contribution >= 0.6 is 11.8 Å². The van der Waals surface area contributed by atoms with E-state index < -0.39 is 5.82 Å². The number of Topliss-reactive ketones (excluding diaryl/α,β-unsaturated/α-hetero) is 1. The first-order valence-corrected chi connectivity index (χ1v) is 9.50. The van der Waals surface area contributed by atoms with Gasteiger partial charge in [-0.05, 0) is 41.1 Å². The predicted octanol–water partition coefficient (Wildman–Crippen LogP) is 2.97. The van der Waals surface area contributed by atoms with E-state index in [1.54, 1.807) is 24.3 Å². The van der Waals surface area contributed by atoms with Gasteiger partial charge < -0.3 is 5.32 Å². The molecule has 144 valence electrons. The summed E-state index contributed by atoms with van der Waals surface area (Å²) in [6.07, 6.45) is 0. The van der Waals surface area contributed by atoms with E-state index in [0.29, 0.717) is 16.4 Å². The Morgan fingerprint density at radius 3 is 2.64 bits per heavy atom. The molecule has 0 fully saturated rings. The van der Waals surface area contributed by atoms with Gasteiger partial charge in [0.25, 0.3) is 0 Å². The molecule has 0 aliphatic carbocycles. The van der Waals surface area contributed by atoms with Gasteiger partial charge in [0.15, 0.2) is 5.78 Å². The van der Waals surface area contributed by atoms with Gasteiger partial charge >= 0.3 is 0 Å². The lowest BCUT2D eigenvalue weighted by molar-refractivity contribution is -0.119. The average Bonchev–Trinajstić information content (AvgIpc) is 3.14. The minimum Gasteiger partial charge on any atom is -0.350 e. The number of rotatable bonds is 7. The molecule has 28 heavy (non-hydrogen) atoms. The van der Waals surface area contributed by atoms with Gasteiger partial charge in [0.1, 0.15) is 5.82 Å². The Kier molecular flexibility index (Phi) is 6.15. The van der Waals surface area contributed by atoms with Crippen LogP contribution in [0.2, 0.25) is 0 Å². The number of carbonyl (C=O) groups excluding carboxylic acids is 2. The van der Waals surface area contributed by atoms with Crippen LogP contribution in [-0.2, 0) is 4.79 Å². The second-order valence-corrected chi connectivity index (χ2v) is 7.05. The number of nitrogens with zero attached hydrogens (tertiary/aromatic N) is 4. The summed E-state index contributed by atoms with van der Waals surface area (Å²) in [5, 5.41) is 14.6. The quantitative estimate of drug-likeness (QED) is 0.485. The SMILES string of the molecule is CC(=O)N[C@H](C)c1ccc(C(=O)CSc2nnnn2-c2cccc(F)c2)cc1. The van der Waals surface area contributed by atoms with E-state index in [1.807, 2.05) is 19.1 Å². The maximum Gasteiger partial charge on any atom is 0.217 e. The molecule has 1 heterocycles. The first-order valence-electron chi connectivity index (χ1n) is 8.51. The summed E-state index contributed by atoms with van der Waals surface area (Å²) in [5.74, 6) is -0.456. The van der Waals surface area contributed by atoms with Crippen LogP contribution in [0.1, 0.15) is 35.8 Å². The van der Waals surface area contributed by atoms with Gasteiger partial charge in [-0.3, -0.25) is 9.59 Å². The molecule has 1 aromatic heterocycles. The molecule has 0 radical (unpaired) electrons. The summed E-state index contributed by atoms with van der Waals surface area (Å²) in [7, 11) is 0. The first-order chi connectivity index (χ1) is 13.4. The number of nitrogens with one attached hydrogen (secondary N) is 1. The normalized spacial score (nSPS) is 11.8. The van der Waals surface area contributed by atoms with Gasteiger partial charge in [-0.2, -0.15) is 4.68 Å². The van der Waals surface area contributed by atoms with Crippen LogP contribution in [0.4, 0.5) is 4.39 Å². The average molecular weight is 399 g/mol. The van der Waals surface area contributed by atoms with E-state index >= 15 is 0 Å².